The van der Waals surface area contributed by atoms with Gasteiger partial charge in [-0.1, -0.05) is 24.6 Å². The van der Waals surface area contributed by atoms with Gasteiger partial charge in [-0.3, -0.25) is 4.99 Å². The van der Waals surface area contributed by atoms with Crippen molar-refractivity contribution in [2.75, 3.05) is 24.7 Å². The van der Waals surface area contributed by atoms with Crippen LogP contribution in [-0.4, -0.2) is 24.6 Å². The Morgan fingerprint density at radius 1 is 1.35 bits per heavy atom. The number of ether oxygens (including phenoxy) is 1. The number of nitrogens with zero attached hydrogens (tertiary/aromatic N) is 1. The molecule has 0 radical (unpaired) electrons. The summed E-state index contributed by atoms with van der Waals surface area (Å²) >= 11 is 5.33. The van der Waals surface area contributed by atoms with Crippen LogP contribution in [0.25, 0.3) is 0 Å². The van der Waals surface area contributed by atoms with Crippen LogP contribution >= 0.6 is 27.7 Å². The summed E-state index contributed by atoms with van der Waals surface area (Å²) in [7, 11) is 1.68. The predicted molar refractivity (Wildman–Crippen MR) is 90.0 cm³/mol. The van der Waals surface area contributed by atoms with E-state index < -0.39 is 0 Å². The SMILES string of the molecule is COc1cc(NC2=NCC3(CCCC3)CS2)ccc1Br. The second-order valence-corrected chi connectivity index (χ2v) is 7.41. The fourth-order valence-electron chi connectivity index (χ4n) is 2.92. The number of hydrogen-bond acceptors (Lipinski definition) is 4. The minimum absolute atomic E-state index is 0.493. The van der Waals surface area contributed by atoms with E-state index in [1.165, 1.54) is 31.4 Å². The number of thioether (sulfide) groups is 1. The number of nitrogens with one attached hydrogen (secondary N) is 1. The number of anilines is 1. The van der Waals surface area contributed by atoms with Gasteiger partial charge in [0.2, 0.25) is 0 Å². The van der Waals surface area contributed by atoms with Gasteiger partial charge in [0.1, 0.15) is 5.75 Å². The summed E-state index contributed by atoms with van der Waals surface area (Å²) in [6.07, 6.45) is 5.46. The topological polar surface area (TPSA) is 33.6 Å². The number of amidine groups is 1. The summed E-state index contributed by atoms with van der Waals surface area (Å²) in [5.74, 6) is 2.04. The number of methoxy groups -OCH3 is 1. The van der Waals surface area contributed by atoms with Crippen molar-refractivity contribution in [1.29, 1.82) is 0 Å². The van der Waals surface area contributed by atoms with E-state index in [4.69, 9.17) is 9.73 Å². The van der Waals surface area contributed by atoms with E-state index in [0.29, 0.717) is 5.41 Å². The summed E-state index contributed by atoms with van der Waals surface area (Å²) in [6, 6.07) is 6.02. The molecule has 0 bridgehead atoms. The van der Waals surface area contributed by atoms with Crippen molar-refractivity contribution in [2.24, 2.45) is 10.4 Å². The first-order valence-corrected chi connectivity index (χ1v) is 8.76. The molecular weight excluding hydrogens is 336 g/mol. The maximum atomic E-state index is 5.32. The van der Waals surface area contributed by atoms with E-state index in [0.717, 1.165) is 27.6 Å². The van der Waals surface area contributed by atoms with Gasteiger partial charge in [-0.2, -0.15) is 0 Å². The zero-order chi connectivity index (χ0) is 14.0. The van der Waals surface area contributed by atoms with Gasteiger partial charge in [0.05, 0.1) is 11.6 Å². The Bertz CT molecular complexity index is 527. The van der Waals surface area contributed by atoms with E-state index in [9.17, 15) is 0 Å². The minimum Gasteiger partial charge on any atom is -0.495 e. The lowest BCUT2D eigenvalue weighted by atomic mass is 9.89. The molecule has 5 heteroatoms. The van der Waals surface area contributed by atoms with Crippen LogP contribution in [-0.2, 0) is 0 Å². The monoisotopic (exact) mass is 354 g/mol. The molecule has 2 aliphatic rings. The van der Waals surface area contributed by atoms with Gasteiger partial charge in [-0.15, -0.1) is 0 Å². The maximum Gasteiger partial charge on any atom is 0.161 e. The highest BCUT2D eigenvalue weighted by molar-refractivity contribution is 9.10. The molecule has 1 saturated carbocycles. The second kappa shape index (κ2) is 5.98. The van der Waals surface area contributed by atoms with Crippen molar-refractivity contribution in [1.82, 2.24) is 0 Å². The summed E-state index contributed by atoms with van der Waals surface area (Å²) in [6.45, 7) is 0.982. The first-order valence-electron chi connectivity index (χ1n) is 6.99. The minimum atomic E-state index is 0.493. The number of halogens is 1. The third kappa shape index (κ3) is 2.98. The van der Waals surface area contributed by atoms with E-state index in [-0.39, 0.29) is 0 Å². The Morgan fingerprint density at radius 3 is 2.80 bits per heavy atom. The average molecular weight is 355 g/mol. The van der Waals surface area contributed by atoms with Crippen LogP contribution in [0.2, 0.25) is 0 Å². The highest BCUT2D eigenvalue weighted by Crippen LogP contribution is 2.43. The Hall–Kier alpha value is -0.680. The third-order valence-electron chi connectivity index (χ3n) is 4.14. The number of aliphatic imine (C=N–C) groups is 1. The summed E-state index contributed by atoms with van der Waals surface area (Å²) in [4.78, 5) is 4.75. The van der Waals surface area contributed by atoms with Crippen molar-refractivity contribution >= 4 is 38.5 Å². The molecule has 1 aromatic rings. The van der Waals surface area contributed by atoms with Crippen LogP contribution in [0.1, 0.15) is 25.7 Å². The lowest BCUT2D eigenvalue weighted by Crippen LogP contribution is -2.30. The van der Waals surface area contributed by atoms with Gasteiger partial charge < -0.3 is 10.1 Å². The number of benzene rings is 1. The van der Waals surface area contributed by atoms with Gasteiger partial charge in [-0.25, -0.2) is 0 Å². The van der Waals surface area contributed by atoms with Gasteiger partial charge in [0.15, 0.2) is 5.17 Å². The first kappa shape index (κ1) is 14.3. The molecule has 108 valence electrons. The van der Waals surface area contributed by atoms with Crippen LogP contribution in [0.4, 0.5) is 5.69 Å². The zero-order valence-electron chi connectivity index (χ0n) is 11.6. The quantitative estimate of drug-likeness (QED) is 0.846. The third-order valence-corrected chi connectivity index (χ3v) is 6.06. The lowest BCUT2D eigenvalue weighted by Gasteiger charge is -2.31. The predicted octanol–water partition coefficient (Wildman–Crippen LogP) is 4.53. The van der Waals surface area contributed by atoms with Crippen molar-refractivity contribution in [3.05, 3.63) is 22.7 Å². The summed E-state index contributed by atoms with van der Waals surface area (Å²) < 4.78 is 6.28. The molecule has 20 heavy (non-hydrogen) atoms. The Balaban J connectivity index is 1.68. The molecule has 1 fully saturated rings. The number of hydrogen-bond donors (Lipinski definition) is 1. The highest BCUT2D eigenvalue weighted by atomic mass is 79.9. The molecule has 1 aromatic carbocycles. The molecule has 1 aliphatic heterocycles. The van der Waals surface area contributed by atoms with E-state index in [1.54, 1.807) is 7.11 Å². The van der Waals surface area contributed by atoms with Gasteiger partial charge in [0, 0.05) is 24.1 Å². The highest BCUT2D eigenvalue weighted by Gasteiger charge is 2.36. The van der Waals surface area contributed by atoms with Crippen LogP contribution < -0.4 is 10.1 Å². The molecule has 3 nitrogen and oxygen atoms in total. The molecule has 0 saturated heterocycles. The van der Waals surface area contributed by atoms with Crippen LogP contribution in [0, 0.1) is 5.41 Å². The van der Waals surface area contributed by atoms with Gasteiger partial charge in [-0.05, 0) is 46.3 Å². The molecule has 3 rings (SSSR count). The molecule has 0 unspecified atom stereocenters. The van der Waals surface area contributed by atoms with Gasteiger partial charge >= 0.3 is 0 Å². The van der Waals surface area contributed by atoms with Crippen LogP contribution in [0.15, 0.2) is 27.7 Å². The van der Waals surface area contributed by atoms with Crippen molar-refractivity contribution in [3.8, 4) is 5.75 Å². The molecule has 0 atom stereocenters. The molecule has 0 amide bonds. The second-order valence-electron chi connectivity index (χ2n) is 5.59. The smallest absolute Gasteiger partial charge is 0.161 e. The van der Waals surface area contributed by atoms with Crippen molar-refractivity contribution < 1.29 is 4.74 Å². The number of rotatable bonds is 2. The van der Waals surface area contributed by atoms with E-state index >= 15 is 0 Å². The standard InChI is InChI=1S/C15H19BrN2OS/c1-19-13-8-11(4-5-12(13)16)18-14-17-9-15(10-20-14)6-2-3-7-15/h4-5,8H,2-3,6-7,9-10H2,1H3,(H,17,18). The largest absolute Gasteiger partial charge is 0.495 e. The fraction of sp³-hybridized carbons (Fsp3) is 0.533. The maximum absolute atomic E-state index is 5.32. The Morgan fingerprint density at radius 2 is 2.15 bits per heavy atom. The normalized spacial score (nSPS) is 20.8. The molecule has 1 N–H and O–H groups in total. The molecule has 1 heterocycles. The van der Waals surface area contributed by atoms with E-state index in [1.807, 2.05) is 30.0 Å². The molecular formula is C15H19BrN2OS. The van der Waals surface area contributed by atoms with Crippen LogP contribution in [0.5, 0.6) is 5.75 Å². The van der Waals surface area contributed by atoms with Crippen molar-refractivity contribution in [3.63, 3.8) is 0 Å². The molecule has 1 spiro atoms. The fourth-order valence-corrected chi connectivity index (χ4v) is 4.49. The Kier molecular flexibility index (Phi) is 4.26. The summed E-state index contributed by atoms with van der Waals surface area (Å²) in [5, 5.41) is 4.44. The van der Waals surface area contributed by atoms with E-state index in [2.05, 4.69) is 21.2 Å². The van der Waals surface area contributed by atoms with Gasteiger partial charge in [0.25, 0.3) is 0 Å². The average Bonchev–Trinajstić information content (AvgIpc) is 2.92. The first-order chi connectivity index (χ1) is 9.71. The Labute approximate surface area is 132 Å². The lowest BCUT2D eigenvalue weighted by molar-refractivity contribution is 0.359. The molecule has 0 aromatic heterocycles. The zero-order valence-corrected chi connectivity index (χ0v) is 14.0. The van der Waals surface area contributed by atoms with Crippen LogP contribution in [0.3, 0.4) is 0 Å². The summed E-state index contributed by atoms with van der Waals surface area (Å²) in [5.41, 5.74) is 1.52. The molecule has 1 aliphatic carbocycles. The van der Waals surface area contributed by atoms with Crippen molar-refractivity contribution in [2.45, 2.75) is 25.7 Å².